The molecule has 0 bridgehead atoms. The van der Waals surface area contributed by atoms with Gasteiger partial charge in [0.05, 0.1) is 6.61 Å². The van der Waals surface area contributed by atoms with E-state index >= 15 is 0 Å². The van der Waals surface area contributed by atoms with Crippen molar-refractivity contribution < 1.29 is 19.1 Å². The van der Waals surface area contributed by atoms with Gasteiger partial charge in [-0.2, -0.15) is 0 Å². The lowest BCUT2D eigenvalue weighted by Gasteiger charge is -2.22. The van der Waals surface area contributed by atoms with E-state index in [0.717, 1.165) is 18.4 Å². The predicted molar refractivity (Wildman–Crippen MR) is 102 cm³/mol. The molecule has 5 nitrogen and oxygen atoms in total. The van der Waals surface area contributed by atoms with Crippen molar-refractivity contribution in [1.29, 1.82) is 0 Å². The Hall–Kier alpha value is -2.30. The van der Waals surface area contributed by atoms with Crippen LogP contribution in [0, 0.1) is 5.92 Å². The van der Waals surface area contributed by atoms with E-state index in [9.17, 15) is 9.59 Å². The van der Waals surface area contributed by atoms with Crippen molar-refractivity contribution in [2.24, 2.45) is 5.92 Å². The van der Waals surface area contributed by atoms with Gasteiger partial charge < -0.3 is 14.8 Å². The number of ether oxygens (including phenoxy) is 2. The number of carbonyl (C=O) groups is 2. The highest BCUT2D eigenvalue weighted by Crippen LogP contribution is 2.22. The monoisotopic (exact) mass is 359 g/mol. The first-order valence-electron chi connectivity index (χ1n) is 9.48. The minimum Gasteiger partial charge on any atom is -0.493 e. The Morgan fingerprint density at radius 1 is 1.23 bits per heavy atom. The molecule has 0 heterocycles. The van der Waals surface area contributed by atoms with E-state index in [0.29, 0.717) is 24.8 Å². The van der Waals surface area contributed by atoms with E-state index in [2.05, 4.69) is 5.32 Å². The topological polar surface area (TPSA) is 64.6 Å². The van der Waals surface area contributed by atoms with Gasteiger partial charge in [0.1, 0.15) is 5.75 Å². The average Bonchev–Trinajstić information content (AvgIpc) is 2.66. The molecule has 0 aliphatic heterocycles. The fourth-order valence-corrected chi connectivity index (χ4v) is 3.11. The van der Waals surface area contributed by atoms with Crippen LogP contribution in [0.4, 0.5) is 0 Å². The summed E-state index contributed by atoms with van der Waals surface area (Å²) >= 11 is 0. The van der Waals surface area contributed by atoms with Gasteiger partial charge in [-0.15, -0.1) is 0 Å². The van der Waals surface area contributed by atoms with E-state index in [1.807, 2.05) is 31.2 Å². The third-order valence-electron chi connectivity index (χ3n) is 4.57. The van der Waals surface area contributed by atoms with Gasteiger partial charge in [-0.3, -0.25) is 4.79 Å². The Morgan fingerprint density at radius 3 is 2.69 bits per heavy atom. The molecule has 0 aromatic heterocycles. The van der Waals surface area contributed by atoms with Gasteiger partial charge in [0, 0.05) is 18.2 Å². The molecule has 2 rings (SSSR count). The number of hydrogen-bond acceptors (Lipinski definition) is 4. The number of hydrogen-bond donors (Lipinski definition) is 1. The Labute approximate surface area is 155 Å². The van der Waals surface area contributed by atoms with Crippen LogP contribution in [0.5, 0.6) is 5.75 Å². The lowest BCUT2D eigenvalue weighted by Crippen LogP contribution is -2.38. The summed E-state index contributed by atoms with van der Waals surface area (Å²) in [4.78, 5) is 24.1. The molecular formula is C21H29NO4. The molecule has 1 aliphatic carbocycles. The highest BCUT2D eigenvalue weighted by Gasteiger charge is 2.19. The molecule has 5 heteroatoms. The highest BCUT2D eigenvalue weighted by molar-refractivity contribution is 5.90. The molecule has 142 valence electrons. The molecule has 1 amide bonds. The second-order valence-corrected chi connectivity index (χ2v) is 6.63. The Kier molecular flexibility index (Phi) is 8.19. The van der Waals surface area contributed by atoms with Crippen LogP contribution < -0.4 is 10.1 Å². The summed E-state index contributed by atoms with van der Waals surface area (Å²) < 4.78 is 10.7. The number of amides is 1. The highest BCUT2D eigenvalue weighted by atomic mass is 16.5. The lowest BCUT2D eigenvalue weighted by molar-refractivity contribution is -0.150. The molecule has 0 spiro atoms. The smallest absolute Gasteiger partial charge is 0.331 e. The quantitative estimate of drug-likeness (QED) is 0.567. The molecule has 1 aromatic carbocycles. The molecule has 0 saturated heterocycles. The minimum absolute atomic E-state index is 0.243. The molecule has 1 fully saturated rings. The zero-order valence-corrected chi connectivity index (χ0v) is 15.7. The molecule has 1 saturated carbocycles. The van der Waals surface area contributed by atoms with Crippen LogP contribution in [0.15, 0.2) is 30.3 Å². The van der Waals surface area contributed by atoms with Crippen molar-refractivity contribution in [3.05, 3.63) is 35.9 Å². The Bertz CT molecular complexity index is 620. The number of para-hydroxylation sites is 1. The van der Waals surface area contributed by atoms with E-state index in [4.69, 9.17) is 9.47 Å². The molecular weight excluding hydrogens is 330 g/mol. The molecule has 26 heavy (non-hydrogen) atoms. The predicted octanol–water partition coefficient (Wildman–Crippen LogP) is 3.73. The van der Waals surface area contributed by atoms with Gasteiger partial charge in [0.15, 0.2) is 6.10 Å². The summed E-state index contributed by atoms with van der Waals surface area (Å²) in [6, 6.07) is 7.44. The van der Waals surface area contributed by atoms with Crippen LogP contribution in [0.25, 0.3) is 6.08 Å². The van der Waals surface area contributed by atoms with Gasteiger partial charge >= 0.3 is 5.97 Å². The van der Waals surface area contributed by atoms with Gasteiger partial charge in [0.2, 0.25) is 0 Å². The third-order valence-corrected chi connectivity index (χ3v) is 4.57. The Morgan fingerprint density at radius 2 is 1.96 bits per heavy atom. The lowest BCUT2D eigenvalue weighted by atomic mass is 9.89. The molecule has 1 aromatic rings. The van der Waals surface area contributed by atoms with Gasteiger partial charge in [-0.05, 0) is 44.7 Å². The first-order chi connectivity index (χ1) is 12.6. The largest absolute Gasteiger partial charge is 0.493 e. The fourth-order valence-electron chi connectivity index (χ4n) is 3.11. The van der Waals surface area contributed by atoms with Crippen LogP contribution >= 0.6 is 0 Å². The fraction of sp³-hybridized carbons (Fsp3) is 0.524. The number of esters is 1. The zero-order valence-electron chi connectivity index (χ0n) is 15.7. The summed E-state index contributed by atoms with van der Waals surface area (Å²) in [5.74, 6) is 0.464. The number of carbonyl (C=O) groups excluding carboxylic acids is 2. The average molecular weight is 359 g/mol. The molecule has 1 atom stereocenters. The third kappa shape index (κ3) is 6.54. The van der Waals surface area contributed by atoms with Gasteiger partial charge in [0.25, 0.3) is 5.91 Å². The van der Waals surface area contributed by atoms with E-state index in [-0.39, 0.29) is 5.91 Å². The first-order valence-corrected chi connectivity index (χ1v) is 9.48. The first kappa shape index (κ1) is 20.0. The Balaban J connectivity index is 1.79. The van der Waals surface area contributed by atoms with E-state index in [1.165, 1.54) is 25.3 Å². The maximum atomic E-state index is 12.1. The number of benzene rings is 1. The maximum Gasteiger partial charge on any atom is 0.331 e. The second-order valence-electron chi connectivity index (χ2n) is 6.63. The zero-order chi connectivity index (χ0) is 18.8. The van der Waals surface area contributed by atoms with Crippen LogP contribution in [-0.4, -0.2) is 31.1 Å². The van der Waals surface area contributed by atoms with Crippen molar-refractivity contribution >= 4 is 18.0 Å². The molecule has 1 unspecified atom stereocenters. The molecule has 0 radical (unpaired) electrons. The second kappa shape index (κ2) is 10.6. The summed E-state index contributed by atoms with van der Waals surface area (Å²) in [5.41, 5.74) is 0.792. The molecule has 1 aliphatic rings. The minimum atomic E-state index is -0.808. The molecule has 1 N–H and O–H groups in total. The van der Waals surface area contributed by atoms with Gasteiger partial charge in [-0.25, -0.2) is 4.79 Å². The van der Waals surface area contributed by atoms with Gasteiger partial charge in [-0.1, -0.05) is 37.5 Å². The summed E-state index contributed by atoms with van der Waals surface area (Å²) in [5, 5.41) is 2.90. The number of rotatable bonds is 8. The van der Waals surface area contributed by atoms with Crippen molar-refractivity contribution in [1.82, 2.24) is 5.32 Å². The number of nitrogens with one attached hydrogen (secondary N) is 1. The van der Waals surface area contributed by atoms with Crippen LogP contribution in [0.3, 0.4) is 0 Å². The van der Waals surface area contributed by atoms with Crippen molar-refractivity contribution in [2.75, 3.05) is 13.2 Å². The summed E-state index contributed by atoms with van der Waals surface area (Å²) in [7, 11) is 0. The summed E-state index contributed by atoms with van der Waals surface area (Å²) in [6.45, 7) is 4.71. The normalized spacial score (nSPS) is 16.2. The van der Waals surface area contributed by atoms with Crippen LogP contribution in [0.2, 0.25) is 0 Å². The van der Waals surface area contributed by atoms with E-state index in [1.54, 1.807) is 13.0 Å². The van der Waals surface area contributed by atoms with E-state index < -0.39 is 12.1 Å². The SMILES string of the molecule is CCOc1ccccc1/C=C/C(=O)OC(C)C(=O)NCC1CCCCC1. The van der Waals surface area contributed by atoms with Crippen LogP contribution in [0.1, 0.15) is 51.5 Å². The van der Waals surface area contributed by atoms with Crippen molar-refractivity contribution in [3.63, 3.8) is 0 Å². The maximum absolute atomic E-state index is 12.1. The van der Waals surface area contributed by atoms with Crippen molar-refractivity contribution in [2.45, 2.75) is 52.1 Å². The van der Waals surface area contributed by atoms with Crippen molar-refractivity contribution in [3.8, 4) is 5.75 Å². The van der Waals surface area contributed by atoms with Crippen LogP contribution in [-0.2, 0) is 14.3 Å². The standard InChI is InChI=1S/C21H29NO4/c1-3-25-19-12-8-7-11-18(19)13-14-20(23)26-16(2)21(24)22-15-17-9-5-4-6-10-17/h7-8,11-14,16-17H,3-6,9-10,15H2,1-2H3,(H,22,24)/b14-13+. The summed E-state index contributed by atoms with van der Waals surface area (Å²) in [6.07, 6.45) is 8.24.